The highest BCUT2D eigenvalue weighted by Crippen LogP contribution is 2.19. The average Bonchev–Trinajstić information content (AvgIpc) is 2.69. The molecule has 1 heterocycles. The van der Waals surface area contributed by atoms with E-state index >= 15 is 0 Å². The van der Waals surface area contributed by atoms with Gasteiger partial charge in [0.1, 0.15) is 5.52 Å². The number of benzene rings is 1. The Labute approximate surface area is 102 Å². The molecular weight excluding hydrogens is 214 g/mol. The number of nitrogens with one attached hydrogen (secondary N) is 1. The Morgan fingerprint density at radius 3 is 2.65 bits per heavy atom. The number of para-hydroxylation sites is 2. The summed E-state index contributed by atoms with van der Waals surface area (Å²) in [6.45, 7) is 5.12. The summed E-state index contributed by atoms with van der Waals surface area (Å²) >= 11 is 0. The molecule has 0 radical (unpaired) electrons. The van der Waals surface area contributed by atoms with Crippen LogP contribution in [-0.2, 0) is 0 Å². The van der Waals surface area contributed by atoms with Crippen molar-refractivity contribution in [1.82, 2.24) is 9.88 Å². The molecule has 0 unspecified atom stereocenters. The number of hydrogen-bond acceptors (Lipinski definition) is 4. The van der Waals surface area contributed by atoms with Gasteiger partial charge in [-0.3, -0.25) is 0 Å². The van der Waals surface area contributed by atoms with E-state index in [0.717, 1.165) is 17.6 Å². The first-order chi connectivity index (χ1) is 7.99. The first-order valence-electron chi connectivity index (χ1n) is 5.76. The molecule has 1 N–H and O–H groups in total. The number of anilines is 1. The highest BCUT2D eigenvalue weighted by atomic mass is 16.4. The topological polar surface area (TPSA) is 41.3 Å². The molecule has 0 aliphatic carbocycles. The minimum atomic E-state index is 0.0562. The van der Waals surface area contributed by atoms with E-state index in [4.69, 9.17) is 4.42 Å². The van der Waals surface area contributed by atoms with Crippen molar-refractivity contribution in [2.75, 3.05) is 26.0 Å². The van der Waals surface area contributed by atoms with Crippen LogP contribution >= 0.6 is 0 Å². The number of rotatable bonds is 4. The summed E-state index contributed by atoms with van der Waals surface area (Å²) in [5, 5.41) is 3.24. The molecule has 0 aliphatic heterocycles. The van der Waals surface area contributed by atoms with Gasteiger partial charge in [0, 0.05) is 12.1 Å². The molecule has 0 bridgehead atoms. The molecule has 17 heavy (non-hydrogen) atoms. The van der Waals surface area contributed by atoms with Crippen molar-refractivity contribution < 1.29 is 4.42 Å². The quantitative estimate of drug-likeness (QED) is 0.881. The monoisotopic (exact) mass is 233 g/mol. The van der Waals surface area contributed by atoms with Gasteiger partial charge in [0.05, 0.1) is 0 Å². The fraction of sp³-hybridized carbons (Fsp3) is 0.462. The SMILES string of the molecule is CN(C)C(C)(C)CNc1nc2ccccc2o1. The van der Waals surface area contributed by atoms with Gasteiger partial charge >= 0.3 is 0 Å². The number of hydrogen-bond donors (Lipinski definition) is 1. The van der Waals surface area contributed by atoms with E-state index in [-0.39, 0.29) is 5.54 Å². The third-order valence-corrected chi connectivity index (χ3v) is 3.18. The van der Waals surface area contributed by atoms with E-state index < -0.39 is 0 Å². The Balaban J connectivity index is 2.09. The number of aromatic nitrogens is 1. The van der Waals surface area contributed by atoms with Gasteiger partial charge in [0.2, 0.25) is 0 Å². The Bertz CT molecular complexity index is 469. The molecule has 2 aromatic rings. The van der Waals surface area contributed by atoms with Gasteiger partial charge in [0.15, 0.2) is 5.58 Å². The van der Waals surface area contributed by atoms with Gasteiger partial charge in [-0.15, -0.1) is 0 Å². The van der Waals surface area contributed by atoms with Gasteiger partial charge in [-0.2, -0.15) is 4.98 Å². The summed E-state index contributed by atoms with van der Waals surface area (Å²) in [4.78, 5) is 6.55. The van der Waals surface area contributed by atoms with E-state index in [0.29, 0.717) is 6.01 Å². The van der Waals surface area contributed by atoms with E-state index in [1.54, 1.807) is 0 Å². The Morgan fingerprint density at radius 1 is 1.29 bits per heavy atom. The molecule has 0 saturated heterocycles. The lowest BCUT2D eigenvalue weighted by molar-refractivity contribution is 0.209. The van der Waals surface area contributed by atoms with Crippen LogP contribution in [0, 0.1) is 0 Å². The maximum Gasteiger partial charge on any atom is 0.295 e. The average molecular weight is 233 g/mol. The zero-order valence-corrected chi connectivity index (χ0v) is 10.8. The van der Waals surface area contributed by atoms with Gasteiger partial charge in [-0.05, 0) is 40.1 Å². The highest BCUT2D eigenvalue weighted by molar-refractivity contribution is 5.74. The summed E-state index contributed by atoms with van der Waals surface area (Å²) in [6, 6.07) is 8.35. The zero-order chi connectivity index (χ0) is 12.5. The number of oxazole rings is 1. The standard InChI is InChI=1S/C13H19N3O/c1-13(2,16(3)4)9-14-12-15-10-7-5-6-8-11(10)17-12/h5-8H,9H2,1-4H3,(H,14,15). The first-order valence-corrected chi connectivity index (χ1v) is 5.76. The zero-order valence-electron chi connectivity index (χ0n) is 10.8. The summed E-state index contributed by atoms with van der Waals surface area (Å²) in [6.07, 6.45) is 0. The second kappa shape index (κ2) is 4.37. The Morgan fingerprint density at radius 2 is 2.00 bits per heavy atom. The normalized spacial score (nSPS) is 12.3. The lowest BCUT2D eigenvalue weighted by Crippen LogP contribution is -2.44. The van der Waals surface area contributed by atoms with Crippen LogP contribution in [0.5, 0.6) is 0 Å². The lowest BCUT2D eigenvalue weighted by Gasteiger charge is -2.32. The minimum absolute atomic E-state index is 0.0562. The van der Waals surface area contributed by atoms with Crippen molar-refractivity contribution in [3.8, 4) is 0 Å². The molecule has 0 aliphatic rings. The van der Waals surface area contributed by atoms with Gasteiger partial charge in [-0.1, -0.05) is 12.1 Å². The van der Waals surface area contributed by atoms with Gasteiger partial charge in [-0.25, -0.2) is 0 Å². The maximum atomic E-state index is 5.60. The summed E-state index contributed by atoms with van der Waals surface area (Å²) in [7, 11) is 4.13. The molecule has 0 atom stereocenters. The van der Waals surface area contributed by atoms with Gasteiger partial charge < -0.3 is 14.6 Å². The lowest BCUT2D eigenvalue weighted by atomic mass is 10.1. The van der Waals surface area contributed by atoms with Crippen molar-refractivity contribution >= 4 is 17.1 Å². The first kappa shape index (κ1) is 11.9. The summed E-state index contributed by atoms with van der Waals surface area (Å²) < 4.78 is 5.60. The number of nitrogens with zero attached hydrogens (tertiary/aromatic N) is 2. The second-order valence-electron chi connectivity index (χ2n) is 5.05. The van der Waals surface area contributed by atoms with Crippen LogP contribution < -0.4 is 5.32 Å². The van der Waals surface area contributed by atoms with Crippen molar-refractivity contribution in [3.05, 3.63) is 24.3 Å². The highest BCUT2D eigenvalue weighted by Gasteiger charge is 2.20. The number of fused-ring (bicyclic) bond motifs is 1. The van der Waals surface area contributed by atoms with E-state index in [1.807, 2.05) is 24.3 Å². The molecule has 92 valence electrons. The molecule has 0 saturated carbocycles. The van der Waals surface area contributed by atoms with Crippen molar-refractivity contribution in [2.45, 2.75) is 19.4 Å². The van der Waals surface area contributed by atoms with Crippen LogP contribution in [0.15, 0.2) is 28.7 Å². The fourth-order valence-electron chi connectivity index (χ4n) is 1.40. The van der Waals surface area contributed by atoms with Crippen molar-refractivity contribution in [1.29, 1.82) is 0 Å². The molecular formula is C13H19N3O. The smallest absolute Gasteiger partial charge is 0.295 e. The van der Waals surface area contributed by atoms with Crippen LogP contribution in [0.4, 0.5) is 6.01 Å². The maximum absolute atomic E-state index is 5.60. The van der Waals surface area contributed by atoms with E-state index in [1.165, 1.54) is 0 Å². The second-order valence-corrected chi connectivity index (χ2v) is 5.05. The molecule has 4 heteroatoms. The molecule has 0 amide bonds. The van der Waals surface area contributed by atoms with Crippen LogP contribution in [0.1, 0.15) is 13.8 Å². The summed E-state index contributed by atoms with van der Waals surface area (Å²) in [5.74, 6) is 0. The molecule has 0 spiro atoms. The van der Waals surface area contributed by atoms with E-state index in [2.05, 4.69) is 43.1 Å². The molecule has 1 aromatic heterocycles. The van der Waals surface area contributed by atoms with Crippen molar-refractivity contribution in [3.63, 3.8) is 0 Å². The molecule has 1 aromatic carbocycles. The third-order valence-electron chi connectivity index (χ3n) is 3.18. The van der Waals surface area contributed by atoms with Crippen LogP contribution in [0.25, 0.3) is 11.1 Å². The fourth-order valence-corrected chi connectivity index (χ4v) is 1.40. The van der Waals surface area contributed by atoms with Crippen molar-refractivity contribution in [2.24, 2.45) is 0 Å². The van der Waals surface area contributed by atoms with E-state index in [9.17, 15) is 0 Å². The minimum Gasteiger partial charge on any atom is -0.424 e. The third kappa shape index (κ3) is 2.58. The molecule has 2 rings (SSSR count). The van der Waals surface area contributed by atoms with Crippen LogP contribution in [0.3, 0.4) is 0 Å². The number of likely N-dealkylation sites (N-methyl/N-ethyl adjacent to an activating group) is 1. The van der Waals surface area contributed by atoms with Crippen LogP contribution in [-0.4, -0.2) is 36.1 Å². The largest absolute Gasteiger partial charge is 0.424 e. The predicted molar refractivity (Wildman–Crippen MR) is 70.3 cm³/mol. The molecule has 0 fully saturated rings. The predicted octanol–water partition coefficient (Wildman–Crippen LogP) is 2.58. The molecule has 4 nitrogen and oxygen atoms in total. The van der Waals surface area contributed by atoms with Gasteiger partial charge in [0.25, 0.3) is 6.01 Å². The Hall–Kier alpha value is -1.55. The summed E-state index contributed by atoms with van der Waals surface area (Å²) in [5.41, 5.74) is 1.76. The Kier molecular flexibility index (Phi) is 3.07. The van der Waals surface area contributed by atoms with Crippen LogP contribution in [0.2, 0.25) is 0 Å².